The van der Waals surface area contributed by atoms with Crippen LogP contribution in [-0.4, -0.2) is 37.4 Å². The van der Waals surface area contributed by atoms with Crippen molar-refractivity contribution in [1.29, 1.82) is 0 Å². The Hall–Kier alpha value is -1.26. The van der Waals surface area contributed by atoms with Gasteiger partial charge in [0, 0.05) is 19.1 Å². The first-order valence-corrected chi connectivity index (χ1v) is 8.05. The molecule has 0 aliphatic carbocycles. The first-order valence-electron chi connectivity index (χ1n) is 8.05. The van der Waals surface area contributed by atoms with Crippen LogP contribution in [0.5, 0.6) is 11.5 Å². The van der Waals surface area contributed by atoms with E-state index in [2.05, 4.69) is 36.2 Å². The molecule has 2 heterocycles. The Morgan fingerprint density at radius 1 is 1.29 bits per heavy atom. The predicted octanol–water partition coefficient (Wildman–Crippen LogP) is 2.63. The minimum Gasteiger partial charge on any atom is -0.454 e. The molecule has 3 rings (SSSR count). The van der Waals surface area contributed by atoms with E-state index in [1.54, 1.807) is 0 Å². The van der Waals surface area contributed by atoms with Crippen LogP contribution in [0.25, 0.3) is 0 Å². The average Bonchev–Trinajstić information content (AvgIpc) is 2.95. The summed E-state index contributed by atoms with van der Waals surface area (Å²) in [6.45, 7) is 9.39. The lowest BCUT2D eigenvalue weighted by Gasteiger charge is -2.32. The van der Waals surface area contributed by atoms with Gasteiger partial charge >= 0.3 is 0 Å². The second-order valence-corrected chi connectivity index (χ2v) is 6.42. The smallest absolute Gasteiger partial charge is 0.231 e. The van der Waals surface area contributed by atoms with Crippen LogP contribution in [0.15, 0.2) is 18.2 Å². The molecule has 4 nitrogen and oxygen atoms in total. The number of hydrogen-bond acceptors (Lipinski definition) is 4. The molecule has 1 fully saturated rings. The van der Waals surface area contributed by atoms with Crippen molar-refractivity contribution >= 4 is 0 Å². The number of ether oxygens (including phenoxy) is 2. The van der Waals surface area contributed by atoms with E-state index in [0.29, 0.717) is 12.8 Å². The molecule has 1 aromatic carbocycles. The van der Waals surface area contributed by atoms with Crippen molar-refractivity contribution < 1.29 is 9.47 Å². The molecule has 0 aromatic heterocycles. The summed E-state index contributed by atoms with van der Waals surface area (Å²) in [4.78, 5) is 2.56. The van der Waals surface area contributed by atoms with Crippen LogP contribution in [0.3, 0.4) is 0 Å². The average molecular weight is 290 g/mol. The summed E-state index contributed by atoms with van der Waals surface area (Å²) < 4.78 is 10.9. The highest BCUT2D eigenvalue weighted by atomic mass is 16.7. The Balaban J connectivity index is 1.64. The van der Waals surface area contributed by atoms with Crippen molar-refractivity contribution in [3.63, 3.8) is 0 Å². The topological polar surface area (TPSA) is 33.7 Å². The van der Waals surface area contributed by atoms with E-state index in [-0.39, 0.29) is 0 Å². The predicted molar refractivity (Wildman–Crippen MR) is 83.7 cm³/mol. The molecular formula is C17H26N2O2. The number of rotatable bonds is 5. The summed E-state index contributed by atoms with van der Waals surface area (Å²) in [6, 6.07) is 6.86. The minimum absolute atomic E-state index is 0.348. The summed E-state index contributed by atoms with van der Waals surface area (Å²) in [5.41, 5.74) is 1.30. The number of hydrogen-bond donors (Lipinski definition) is 1. The zero-order valence-corrected chi connectivity index (χ0v) is 13.1. The monoisotopic (exact) mass is 290 g/mol. The van der Waals surface area contributed by atoms with E-state index in [4.69, 9.17) is 9.47 Å². The van der Waals surface area contributed by atoms with Gasteiger partial charge in [-0.05, 0) is 63.4 Å². The number of fused-ring (bicyclic) bond motifs is 1. The largest absolute Gasteiger partial charge is 0.454 e. The Morgan fingerprint density at radius 2 is 2.14 bits per heavy atom. The maximum Gasteiger partial charge on any atom is 0.231 e. The third-order valence-corrected chi connectivity index (χ3v) is 4.44. The highest BCUT2D eigenvalue weighted by molar-refractivity contribution is 5.44. The first-order chi connectivity index (χ1) is 10.2. The quantitative estimate of drug-likeness (QED) is 0.904. The van der Waals surface area contributed by atoms with Gasteiger partial charge in [0.25, 0.3) is 0 Å². The number of benzene rings is 1. The van der Waals surface area contributed by atoms with Crippen LogP contribution < -0.4 is 14.8 Å². The molecule has 21 heavy (non-hydrogen) atoms. The fraction of sp³-hybridized carbons (Fsp3) is 0.647. The molecule has 2 aliphatic heterocycles. The van der Waals surface area contributed by atoms with Gasteiger partial charge in [-0.2, -0.15) is 0 Å². The van der Waals surface area contributed by atoms with Crippen LogP contribution in [0.1, 0.15) is 32.3 Å². The molecule has 1 N–H and O–H groups in total. The van der Waals surface area contributed by atoms with Gasteiger partial charge < -0.3 is 14.8 Å². The van der Waals surface area contributed by atoms with E-state index in [1.807, 2.05) is 6.07 Å². The summed E-state index contributed by atoms with van der Waals surface area (Å²) >= 11 is 0. The van der Waals surface area contributed by atoms with E-state index in [0.717, 1.165) is 30.5 Å². The number of nitrogens with zero attached hydrogens (tertiary/aromatic N) is 1. The normalized spacial score (nSPS) is 21.2. The molecule has 1 unspecified atom stereocenters. The van der Waals surface area contributed by atoms with Crippen molar-refractivity contribution in [3.05, 3.63) is 23.8 Å². The van der Waals surface area contributed by atoms with Gasteiger partial charge in [0.05, 0.1) is 0 Å². The molecule has 1 saturated heterocycles. The van der Waals surface area contributed by atoms with Crippen molar-refractivity contribution in [1.82, 2.24) is 10.2 Å². The molecule has 0 spiro atoms. The maximum absolute atomic E-state index is 5.48. The van der Waals surface area contributed by atoms with E-state index in [1.165, 1.54) is 31.5 Å². The second-order valence-electron chi connectivity index (χ2n) is 6.42. The Morgan fingerprint density at radius 3 is 2.90 bits per heavy atom. The van der Waals surface area contributed by atoms with Crippen LogP contribution in [-0.2, 0) is 6.54 Å². The molecule has 1 aromatic rings. The highest BCUT2D eigenvalue weighted by Crippen LogP contribution is 2.33. The van der Waals surface area contributed by atoms with Crippen LogP contribution >= 0.6 is 0 Å². The summed E-state index contributed by atoms with van der Waals surface area (Å²) in [7, 11) is 0. The van der Waals surface area contributed by atoms with E-state index < -0.39 is 0 Å². The van der Waals surface area contributed by atoms with Gasteiger partial charge in [-0.3, -0.25) is 4.90 Å². The highest BCUT2D eigenvalue weighted by Gasteiger charge is 2.20. The Labute approximate surface area is 127 Å². The zero-order chi connectivity index (χ0) is 14.7. The molecule has 0 bridgehead atoms. The van der Waals surface area contributed by atoms with Crippen LogP contribution in [0.2, 0.25) is 0 Å². The minimum atomic E-state index is 0.348. The molecule has 0 amide bonds. The molecule has 4 heteroatoms. The fourth-order valence-corrected chi connectivity index (χ4v) is 3.14. The van der Waals surface area contributed by atoms with E-state index in [9.17, 15) is 0 Å². The maximum atomic E-state index is 5.48. The lowest BCUT2D eigenvalue weighted by atomic mass is 9.98. The zero-order valence-electron chi connectivity index (χ0n) is 13.1. The molecule has 0 radical (unpaired) electrons. The van der Waals surface area contributed by atoms with E-state index >= 15 is 0 Å². The molecular weight excluding hydrogens is 264 g/mol. The lowest BCUT2D eigenvalue weighted by molar-refractivity contribution is 0.163. The van der Waals surface area contributed by atoms with Gasteiger partial charge in [0.15, 0.2) is 11.5 Å². The Kier molecular flexibility index (Phi) is 4.66. The third kappa shape index (κ3) is 3.69. The second kappa shape index (κ2) is 6.67. The number of piperidine rings is 1. The number of nitrogens with one attached hydrogen (secondary N) is 1. The van der Waals surface area contributed by atoms with Gasteiger partial charge in [-0.1, -0.05) is 6.07 Å². The third-order valence-electron chi connectivity index (χ3n) is 4.44. The fourth-order valence-electron chi connectivity index (χ4n) is 3.14. The van der Waals surface area contributed by atoms with Crippen molar-refractivity contribution in [2.75, 3.05) is 26.4 Å². The standard InChI is InChI=1S/C17H26N2O2/c1-13(2)19(11-15-4-3-7-18-9-15)10-14-5-6-16-17(8-14)21-12-20-16/h5-6,8,13,15,18H,3-4,7,9-12H2,1-2H3. The molecule has 2 aliphatic rings. The summed E-state index contributed by atoms with van der Waals surface area (Å²) in [5.74, 6) is 2.53. The molecule has 1 atom stereocenters. The van der Waals surface area contributed by atoms with Gasteiger partial charge in [-0.25, -0.2) is 0 Å². The molecule has 116 valence electrons. The molecule has 0 saturated carbocycles. The van der Waals surface area contributed by atoms with Crippen molar-refractivity contribution in [2.24, 2.45) is 5.92 Å². The summed E-state index contributed by atoms with van der Waals surface area (Å²) in [6.07, 6.45) is 2.65. The lowest BCUT2D eigenvalue weighted by Crippen LogP contribution is -2.40. The first kappa shape index (κ1) is 14.7. The summed E-state index contributed by atoms with van der Waals surface area (Å²) in [5, 5.41) is 3.51. The SMILES string of the molecule is CC(C)N(Cc1ccc2c(c1)OCO2)CC1CCCNC1. The Bertz CT molecular complexity index is 470. The van der Waals surface area contributed by atoms with Gasteiger partial charge in [-0.15, -0.1) is 0 Å². The van der Waals surface area contributed by atoms with Crippen LogP contribution in [0.4, 0.5) is 0 Å². The van der Waals surface area contributed by atoms with Crippen LogP contribution in [0, 0.1) is 5.92 Å². The van der Waals surface area contributed by atoms with Gasteiger partial charge in [0.2, 0.25) is 6.79 Å². The van der Waals surface area contributed by atoms with Crippen molar-refractivity contribution in [3.8, 4) is 11.5 Å². The van der Waals surface area contributed by atoms with Gasteiger partial charge in [0.1, 0.15) is 0 Å². The van der Waals surface area contributed by atoms with Crippen molar-refractivity contribution in [2.45, 2.75) is 39.3 Å².